The van der Waals surface area contributed by atoms with Crippen molar-refractivity contribution in [2.24, 2.45) is 5.92 Å². The van der Waals surface area contributed by atoms with Crippen molar-refractivity contribution in [3.8, 4) is 0 Å². The topological polar surface area (TPSA) is 3.24 Å². The third-order valence-corrected chi connectivity index (χ3v) is 4.33. The maximum atomic E-state index is 3.86. The SMILES string of the molecule is C=CC(C)N1CCSC(C(C)C)C1. The molecule has 0 bridgehead atoms. The lowest BCUT2D eigenvalue weighted by Crippen LogP contribution is -2.43. The van der Waals surface area contributed by atoms with Crippen molar-refractivity contribution < 1.29 is 0 Å². The van der Waals surface area contributed by atoms with Gasteiger partial charge in [0.2, 0.25) is 0 Å². The summed E-state index contributed by atoms with van der Waals surface area (Å²) in [6.07, 6.45) is 2.05. The van der Waals surface area contributed by atoms with Crippen LogP contribution in [0, 0.1) is 5.92 Å². The van der Waals surface area contributed by atoms with E-state index in [0.717, 1.165) is 11.2 Å². The Morgan fingerprint density at radius 1 is 1.46 bits per heavy atom. The first kappa shape index (κ1) is 11.1. The summed E-state index contributed by atoms with van der Waals surface area (Å²) in [4.78, 5) is 2.54. The molecule has 13 heavy (non-hydrogen) atoms. The number of nitrogens with zero attached hydrogens (tertiary/aromatic N) is 1. The van der Waals surface area contributed by atoms with Crippen molar-refractivity contribution in [1.29, 1.82) is 0 Å². The molecular weight excluding hydrogens is 178 g/mol. The zero-order valence-electron chi connectivity index (χ0n) is 8.99. The maximum absolute atomic E-state index is 3.86. The molecule has 0 saturated carbocycles. The van der Waals surface area contributed by atoms with E-state index in [1.807, 2.05) is 6.08 Å². The second kappa shape index (κ2) is 5.06. The molecule has 1 aliphatic heterocycles. The van der Waals surface area contributed by atoms with Crippen LogP contribution in [-0.2, 0) is 0 Å². The molecule has 1 rings (SSSR count). The van der Waals surface area contributed by atoms with E-state index in [1.165, 1.54) is 18.8 Å². The van der Waals surface area contributed by atoms with E-state index in [4.69, 9.17) is 0 Å². The molecule has 0 aliphatic carbocycles. The van der Waals surface area contributed by atoms with Gasteiger partial charge in [-0.15, -0.1) is 6.58 Å². The molecule has 0 aromatic carbocycles. The van der Waals surface area contributed by atoms with Gasteiger partial charge in [-0.2, -0.15) is 11.8 Å². The molecule has 0 aromatic heterocycles. The van der Waals surface area contributed by atoms with Crippen LogP contribution in [0.5, 0.6) is 0 Å². The lowest BCUT2D eigenvalue weighted by Gasteiger charge is -2.36. The molecular formula is C11H21NS. The standard InChI is InChI=1S/C11H21NS/c1-5-10(4)12-6-7-13-11(8-12)9(2)3/h5,9-11H,1,6-8H2,2-4H3. The predicted molar refractivity (Wildman–Crippen MR) is 62.3 cm³/mol. The fourth-order valence-corrected chi connectivity index (χ4v) is 2.94. The highest BCUT2D eigenvalue weighted by atomic mass is 32.2. The summed E-state index contributed by atoms with van der Waals surface area (Å²) in [5, 5.41) is 0.816. The highest BCUT2D eigenvalue weighted by molar-refractivity contribution is 8.00. The number of hydrogen-bond acceptors (Lipinski definition) is 2. The molecule has 1 saturated heterocycles. The molecule has 0 spiro atoms. The second-order valence-corrected chi connectivity index (χ2v) is 5.47. The number of rotatable bonds is 3. The molecule has 0 N–H and O–H groups in total. The highest BCUT2D eigenvalue weighted by Crippen LogP contribution is 2.25. The summed E-state index contributed by atoms with van der Waals surface area (Å²) in [5.74, 6) is 2.07. The summed E-state index contributed by atoms with van der Waals surface area (Å²) in [7, 11) is 0. The molecule has 1 nitrogen and oxygen atoms in total. The molecule has 0 radical (unpaired) electrons. The Balaban J connectivity index is 2.46. The van der Waals surface area contributed by atoms with E-state index in [-0.39, 0.29) is 0 Å². The Labute approximate surface area is 86.6 Å². The van der Waals surface area contributed by atoms with E-state index >= 15 is 0 Å². The van der Waals surface area contributed by atoms with Crippen LogP contribution >= 0.6 is 11.8 Å². The summed E-state index contributed by atoms with van der Waals surface area (Å²) < 4.78 is 0. The van der Waals surface area contributed by atoms with Crippen molar-refractivity contribution in [1.82, 2.24) is 4.90 Å². The minimum absolute atomic E-state index is 0.544. The van der Waals surface area contributed by atoms with Gasteiger partial charge >= 0.3 is 0 Å². The largest absolute Gasteiger partial charge is 0.295 e. The summed E-state index contributed by atoms with van der Waals surface area (Å²) >= 11 is 2.13. The zero-order valence-corrected chi connectivity index (χ0v) is 9.81. The maximum Gasteiger partial charge on any atom is 0.0248 e. The Bertz CT molecular complexity index is 167. The van der Waals surface area contributed by atoms with Gasteiger partial charge in [0.25, 0.3) is 0 Å². The first-order valence-electron chi connectivity index (χ1n) is 5.13. The first-order valence-corrected chi connectivity index (χ1v) is 6.18. The second-order valence-electron chi connectivity index (χ2n) is 4.12. The first-order chi connectivity index (χ1) is 6.15. The highest BCUT2D eigenvalue weighted by Gasteiger charge is 2.24. The van der Waals surface area contributed by atoms with Gasteiger partial charge in [-0.1, -0.05) is 19.9 Å². The van der Waals surface area contributed by atoms with Crippen LogP contribution in [0.3, 0.4) is 0 Å². The number of hydrogen-bond donors (Lipinski definition) is 0. The third kappa shape index (κ3) is 3.03. The van der Waals surface area contributed by atoms with Crippen LogP contribution in [0.2, 0.25) is 0 Å². The zero-order chi connectivity index (χ0) is 9.84. The third-order valence-electron chi connectivity index (χ3n) is 2.79. The van der Waals surface area contributed by atoms with E-state index in [1.54, 1.807) is 0 Å². The van der Waals surface area contributed by atoms with E-state index in [2.05, 4.69) is 44.0 Å². The van der Waals surface area contributed by atoms with Crippen LogP contribution in [0.4, 0.5) is 0 Å². The van der Waals surface area contributed by atoms with Crippen LogP contribution in [0.25, 0.3) is 0 Å². The van der Waals surface area contributed by atoms with Crippen LogP contribution in [-0.4, -0.2) is 35.0 Å². The van der Waals surface area contributed by atoms with E-state index in [9.17, 15) is 0 Å². The fourth-order valence-electron chi connectivity index (χ4n) is 1.62. The quantitative estimate of drug-likeness (QED) is 0.643. The molecule has 76 valence electrons. The number of thioether (sulfide) groups is 1. The Morgan fingerprint density at radius 2 is 2.15 bits per heavy atom. The molecule has 1 heterocycles. The van der Waals surface area contributed by atoms with Gasteiger partial charge in [-0.25, -0.2) is 0 Å². The fraction of sp³-hybridized carbons (Fsp3) is 0.818. The van der Waals surface area contributed by atoms with Crippen LogP contribution in [0.15, 0.2) is 12.7 Å². The smallest absolute Gasteiger partial charge is 0.0248 e. The summed E-state index contributed by atoms with van der Waals surface area (Å²) in [6, 6.07) is 0.544. The molecule has 1 aliphatic rings. The molecule has 2 atom stereocenters. The van der Waals surface area contributed by atoms with E-state index in [0.29, 0.717) is 6.04 Å². The minimum atomic E-state index is 0.544. The molecule has 2 heteroatoms. The van der Waals surface area contributed by atoms with Gasteiger partial charge in [0.15, 0.2) is 0 Å². The van der Waals surface area contributed by atoms with Crippen molar-refractivity contribution >= 4 is 11.8 Å². The van der Waals surface area contributed by atoms with Crippen molar-refractivity contribution in [3.63, 3.8) is 0 Å². The summed E-state index contributed by atoms with van der Waals surface area (Å²) in [5.41, 5.74) is 0. The minimum Gasteiger partial charge on any atom is -0.295 e. The van der Waals surface area contributed by atoms with Crippen LogP contribution in [0.1, 0.15) is 20.8 Å². The molecule has 0 aromatic rings. The van der Waals surface area contributed by atoms with Crippen molar-refractivity contribution in [3.05, 3.63) is 12.7 Å². The average molecular weight is 199 g/mol. The van der Waals surface area contributed by atoms with Crippen molar-refractivity contribution in [2.45, 2.75) is 32.1 Å². The van der Waals surface area contributed by atoms with Gasteiger partial charge in [0.05, 0.1) is 0 Å². The normalized spacial score (nSPS) is 27.5. The van der Waals surface area contributed by atoms with Gasteiger partial charge in [-0.05, 0) is 12.8 Å². The monoisotopic (exact) mass is 199 g/mol. The molecule has 0 amide bonds. The average Bonchev–Trinajstić information content (AvgIpc) is 2.17. The van der Waals surface area contributed by atoms with Crippen LogP contribution < -0.4 is 0 Å². The Hall–Kier alpha value is 0.0500. The van der Waals surface area contributed by atoms with E-state index < -0.39 is 0 Å². The lowest BCUT2D eigenvalue weighted by molar-refractivity contribution is 0.238. The Kier molecular flexibility index (Phi) is 4.33. The summed E-state index contributed by atoms with van der Waals surface area (Å²) in [6.45, 7) is 13.2. The van der Waals surface area contributed by atoms with Gasteiger partial charge < -0.3 is 0 Å². The Morgan fingerprint density at radius 3 is 2.69 bits per heavy atom. The molecule has 2 unspecified atom stereocenters. The van der Waals surface area contributed by atoms with Gasteiger partial charge in [0.1, 0.15) is 0 Å². The lowest BCUT2D eigenvalue weighted by atomic mass is 10.1. The predicted octanol–water partition coefficient (Wildman–Crippen LogP) is 2.63. The van der Waals surface area contributed by atoms with Crippen molar-refractivity contribution in [2.75, 3.05) is 18.8 Å². The van der Waals surface area contributed by atoms with Gasteiger partial charge in [0, 0.05) is 30.1 Å². The van der Waals surface area contributed by atoms with Gasteiger partial charge in [-0.3, -0.25) is 4.90 Å². The molecule has 1 fully saturated rings.